The van der Waals surface area contributed by atoms with Crippen LogP contribution in [0.25, 0.3) is 0 Å². The maximum absolute atomic E-state index is 12.5. The predicted molar refractivity (Wildman–Crippen MR) is 78.2 cm³/mol. The Morgan fingerprint density at radius 3 is 2.42 bits per heavy atom. The van der Waals surface area contributed by atoms with Crippen LogP contribution in [0.5, 0.6) is 0 Å². The standard InChI is InChI=1S/C11H12BrCl2NO3S/c12-7-4-9(13)11(10(14)5-7)19(17,18)15-3-1-2-8(16)6-15/h4-5,8,16H,1-3,6H2. The average Bonchev–Trinajstić information content (AvgIpc) is 2.26. The SMILES string of the molecule is O=S(=O)(c1c(Cl)cc(Br)cc1Cl)N1CCCC(O)C1. The fourth-order valence-electron chi connectivity index (χ4n) is 2.04. The maximum Gasteiger partial charge on any atom is 0.246 e. The molecule has 1 N–H and O–H groups in total. The fraction of sp³-hybridized carbons (Fsp3) is 0.455. The second kappa shape index (κ2) is 5.87. The molecule has 0 bridgehead atoms. The molecule has 1 aliphatic rings. The number of hydrogen-bond donors (Lipinski definition) is 1. The first-order valence-corrected chi connectivity index (χ1v) is 8.64. The van der Waals surface area contributed by atoms with Crippen LogP contribution < -0.4 is 0 Å². The van der Waals surface area contributed by atoms with Crippen molar-refractivity contribution in [1.29, 1.82) is 0 Å². The summed E-state index contributed by atoms with van der Waals surface area (Å²) in [7, 11) is -3.78. The van der Waals surface area contributed by atoms with Gasteiger partial charge in [-0.2, -0.15) is 4.31 Å². The zero-order valence-corrected chi connectivity index (χ0v) is 13.7. The van der Waals surface area contributed by atoms with E-state index in [9.17, 15) is 13.5 Å². The zero-order valence-electron chi connectivity index (χ0n) is 9.81. The van der Waals surface area contributed by atoms with Gasteiger partial charge in [0.2, 0.25) is 10.0 Å². The summed E-state index contributed by atoms with van der Waals surface area (Å²) in [4.78, 5) is -0.104. The molecule has 8 heteroatoms. The maximum atomic E-state index is 12.5. The van der Waals surface area contributed by atoms with Crippen LogP contribution in [0.3, 0.4) is 0 Å². The van der Waals surface area contributed by atoms with Crippen molar-refractivity contribution >= 4 is 49.2 Å². The number of aliphatic hydroxyl groups is 1. The van der Waals surface area contributed by atoms with Gasteiger partial charge in [-0.3, -0.25) is 0 Å². The van der Waals surface area contributed by atoms with Gasteiger partial charge in [0, 0.05) is 17.6 Å². The summed E-state index contributed by atoms with van der Waals surface area (Å²) in [5, 5.41) is 9.73. The molecule has 1 aromatic rings. The number of sulfonamides is 1. The number of aliphatic hydroxyl groups excluding tert-OH is 1. The molecule has 0 radical (unpaired) electrons. The minimum Gasteiger partial charge on any atom is -0.392 e. The first-order valence-electron chi connectivity index (χ1n) is 5.65. The summed E-state index contributed by atoms with van der Waals surface area (Å²) in [6.07, 6.45) is 0.580. The summed E-state index contributed by atoms with van der Waals surface area (Å²) in [6.45, 7) is 0.438. The third-order valence-electron chi connectivity index (χ3n) is 2.92. The van der Waals surface area contributed by atoms with Crippen molar-refractivity contribution in [2.75, 3.05) is 13.1 Å². The first kappa shape index (κ1) is 15.5. The molecule has 19 heavy (non-hydrogen) atoms. The monoisotopic (exact) mass is 387 g/mol. The van der Waals surface area contributed by atoms with Gasteiger partial charge in [-0.25, -0.2) is 8.42 Å². The Morgan fingerprint density at radius 2 is 1.89 bits per heavy atom. The molecule has 1 atom stereocenters. The molecule has 2 rings (SSSR count). The summed E-state index contributed by atoms with van der Waals surface area (Å²) in [5.41, 5.74) is 0. The highest BCUT2D eigenvalue weighted by Crippen LogP contribution is 2.35. The summed E-state index contributed by atoms with van der Waals surface area (Å²) in [6, 6.07) is 2.97. The molecule has 1 saturated heterocycles. The molecular formula is C11H12BrCl2NO3S. The third-order valence-corrected chi connectivity index (χ3v) is 6.17. The van der Waals surface area contributed by atoms with Gasteiger partial charge in [0.15, 0.2) is 0 Å². The van der Waals surface area contributed by atoms with Crippen LogP contribution in [-0.4, -0.2) is 37.0 Å². The number of hydrogen-bond acceptors (Lipinski definition) is 3. The molecule has 1 unspecified atom stereocenters. The summed E-state index contributed by atoms with van der Waals surface area (Å²) < 4.78 is 26.9. The lowest BCUT2D eigenvalue weighted by molar-refractivity contribution is 0.108. The van der Waals surface area contributed by atoms with E-state index in [2.05, 4.69) is 15.9 Å². The summed E-state index contributed by atoms with van der Waals surface area (Å²) in [5.74, 6) is 0. The van der Waals surface area contributed by atoms with Crippen molar-refractivity contribution in [2.45, 2.75) is 23.8 Å². The van der Waals surface area contributed by atoms with Crippen molar-refractivity contribution in [3.8, 4) is 0 Å². The molecular weight excluding hydrogens is 377 g/mol. The highest BCUT2D eigenvalue weighted by Gasteiger charge is 2.32. The van der Waals surface area contributed by atoms with E-state index < -0.39 is 16.1 Å². The van der Waals surface area contributed by atoms with Crippen molar-refractivity contribution in [2.24, 2.45) is 0 Å². The van der Waals surface area contributed by atoms with Crippen LogP contribution in [0.1, 0.15) is 12.8 Å². The van der Waals surface area contributed by atoms with Gasteiger partial charge in [-0.15, -0.1) is 0 Å². The van der Waals surface area contributed by atoms with Crippen LogP contribution >= 0.6 is 39.1 Å². The molecule has 0 aromatic heterocycles. The van der Waals surface area contributed by atoms with Crippen molar-refractivity contribution in [1.82, 2.24) is 4.31 Å². The molecule has 1 aliphatic heterocycles. The number of piperidine rings is 1. The van der Waals surface area contributed by atoms with Gasteiger partial charge < -0.3 is 5.11 Å². The molecule has 106 valence electrons. The Bertz CT molecular complexity index is 571. The van der Waals surface area contributed by atoms with E-state index in [1.165, 1.54) is 16.4 Å². The number of β-amino-alcohol motifs (C(OH)–C–C–N with tert-alkyl or cyclic N) is 1. The quantitative estimate of drug-likeness (QED) is 0.847. The predicted octanol–water partition coefficient (Wildman–Crippen LogP) is 2.90. The van der Waals surface area contributed by atoms with E-state index in [4.69, 9.17) is 23.2 Å². The largest absolute Gasteiger partial charge is 0.392 e. The molecule has 0 saturated carbocycles. The second-order valence-corrected chi connectivity index (χ2v) is 7.96. The third kappa shape index (κ3) is 3.25. The van der Waals surface area contributed by atoms with Crippen molar-refractivity contribution in [3.63, 3.8) is 0 Å². The average molecular weight is 389 g/mol. The Balaban J connectivity index is 2.45. The fourth-order valence-corrected chi connectivity index (χ4v) is 5.44. The molecule has 0 spiro atoms. The van der Waals surface area contributed by atoms with Gasteiger partial charge in [0.1, 0.15) is 4.90 Å². The second-order valence-electron chi connectivity index (χ2n) is 4.36. The number of halogens is 3. The normalized spacial score (nSPS) is 21.6. The van der Waals surface area contributed by atoms with E-state index in [1.54, 1.807) is 0 Å². The number of rotatable bonds is 2. The van der Waals surface area contributed by atoms with E-state index in [0.29, 0.717) is 23.9 Å². The van der Waals surface area contributed by atoms with E-state index in [0.717, 1.165) is 0 Å². The van der Waals surface area contributed by atoms with E-state index >= 15 is 0 Å². The highest BCUT2D eigenvalue weighted by atomic mass is 79.9. The Labute approximate surface area is 130 Å². The van der Waals surface area contributed by atoms with Crippen LogP contribution in [0.15, 0.2) is 21.5 Å². The lowest BCUT2D eigenvalue weighted by Crippen LogP contribution is -2.42. The Morgan fingerprint density at radius 1 is 1.32 bits per heavy atom. The van der Waals surface area contributed by atoms with Gasteiger partial charge >= 0.3 is 0 Å². The molecule has 4 nitrogen and oxygen atoms in total. The van der Waals surface area contributed by atoms with Gasteiger partial charge in [0.05, 0.1) is 16.1 Å². The topological polar surface area (TPSA) is 57.6 Å². The van der Waals surface area contributed by atoms with Gasteiger partial charge in [-0.1, -0.05) is 39.1 Å². The first-order chi connectivity index (χ1) is 8.82. The van der Waals surface area contributed by atoms with Crippen molar-refractivity contribution in [3.05, 3.63) is 26.7 Å². The minimum absolute atomic E-state index is 0.0689. The van der Waals surface area contributed by atoms with Crippen LogP contribution in [0.4, 0.5) is 0 Å². The number of nitrogens with zero attached hydrogens (tertiary/aromatic N) is 1. The van der Waals surface area contributed by atoms with Crippen LogP contribution in [-0.2, 0) is 10.0 Å². The lowest BCUT2D eigenvalue weighted by atomic mass is 10.1. The van der Waals surface area contributed by atoms with Crippen LogP contribution in [0.2, 0.25) is 10.0 Å². The smallest absolute Gasteiger partial charge is 0.246 e. The zero-order chi connectivity index (χ0) is 14.2. The van der Waals surface area contributed by atoms with Gasteiger partial charge in [0.25, 0.3) is 0 Å². The van der Waals surface area contributed by atoms with Crippen LogP contribution in [0, 0.1) is 0 Å². The Hall–Kier alpha value is 0.150. The lowest BCUT2D eigenvalue weighted by Gasteiger charge is -2.29. The molecule has 1 fully saturated rings. The minimum atomic E-state index is -3.78. The summed E-state index contributed by atoms with van der Waals surface area (Å²) >= 11 is 15.2. The highest BCUT2D eigenvalue weighted by molar-refractivity contribution is 9.10. The van der Waals surface area contributed by atoms with Gasteiger partial charge in [-0.05, 0) is 25.0 Å². The number of benzene rings is 1. The van der Waals surface area contributed by atoms with Crippen molar-refractivity contribution < 1.29 is 13.5 Å². The molecule has 0 amide bonds. The molecule has 1 aromatic carbocycles. The molecule has 1 heterocycles. The molecule has 0 aliphatic carbocycles. The van der Waals surface area contributed by atoms with E-state index in [-0.39, 0.29) is 21.5 Å². The van der Waals surface area contributed by atoms with E-state index in [1.807, 2.05) is 0 Å². The Kier molecular flexibility index (Phi) is 4.80.